The molecule has 0 aliphatic carbocycles. The van der Waals surface area contributed by atoms with Crippen molar-refractivity contribution < 1.29 is 13.2 Å². The van der Waals surface area contributed by atoms with Gasteiger partial charge in [-0.3, -0.25) is 4.57 Å². The average molecular weight is 272 g/mol. The van der Waals surface area contributed by atoms with Crippen LogP contribution in [0.1, 0.15) is 25.0 Å². The van der Waals surface area contributed by atoms with Crippen molar-refractivity contribution in [2.24, 2.45) is 0 Å². The molecule has 0 aliphatic rings. The standard InChI is InChI=1S/C12H15F3N4/c1-8-4-5-9-10(17-8)19(11(16)18-9)7-3-2-6-12(13,14)15/h4-5H,2-3,6-7H2,1H3,(H2,16,18). The molecule has 0 unspecified atom stereocenters. The van der Waals surface area contributed by atoms with Crippen LogP contribution in [0.5, 0.6) is 0 Å². The number of unbranched alkanes of at least 4 members (excludes halogenated alkanes) is 1. The molecule has 0 aromatic carbocycles. The molecule has 104 valence electrons. The highest BCUT2D eigenvalue weighted by atomic mass is 19.4. The molecule has 7 heteroatoms. The lowest BCUT2D eigenvalue weighted by Crippen LogP contribution is -2.09. The van der Waals surface area contributed by atoms with Crippen molar-refractivity contribution in [1.82, 2.24) is 14.5 Å². The number of anilines is 1. The monoisotopic (exact) mass is 272 g/mol. The lowest BCUT2D eigenvalue weighted by molar-refractivity contribution is -0.135. The maximum Gasteiger partial charge on any atom is 0.389 e. The first-order chi connectivity index (χ1) is 8.87. The second kappa shape index (κ2) is 5.07. The van der Waals surface area contributed by atoms with Crippen LogP contribution in [0.3, 0.4) is 0 Å². The summed E-state index contributed by atoms with van der Waals surface area (Å²) in [5, 5.41) is 0. The fourth-order valence-electron chi connectivity index (χ4n) is 1.93. The number of aromatic nitrogens is 3. The zero-order valence-electron chi connectivity index (χ0n) is 10.5. The first-order valence-electron chi connectivity index (χ1n) is 6.03. The zero-order valence-corrected chi connectivity index (χ0v) is 10.5. The number of nitrogen functional groups attached to an aromatic ring is 1. The molecule has 0 aliphatic heterocycles. The summed E-state index contributed by atoms with van der Waals surface area (Å²) in [5.74, 6) is 0.292. The van der Waals surface area contributed by atoms with Crippen molar-refractivity contribution in [3.05, 3.63) is 17.8 Å². The predicted octanol–water partition coefficient (Wildman–Crippen LogP) is 3.05. The maximum absolute atomic E-state index is 12.1. The Bertz CT molecular complexity index is 574. The smallest absolute Gasteiger partial charge is 0.369 e. The third-order valence-electron chi connectivity index (χ3n) is 2.85. The molecule has 4 nitrogen and oxygen atoms in total. The lowest BCUT2D eigenvalue weighted by atomic mass is 10.2. The molecule has 0 saturated heterocycles. The third-order valence-corrected chi connectivity index (χ3v) is 2.85. The van der Waals surface area contributed by atoms with Crippen molar-refractivity contribution in [2.45, 2.75) is 38.9 Å². The Balaban J connectivity index is 2.08. The van der Waals surface area contributed by atoms with E-state index in [1.807, 2.05) is 13.0 Å². The Hall–Kier alpha value is -1.79. The lowest BCUT2D eigenvalue weighted by Gasteiger charge is -2.08. The fraction of sp³-hybridized carbons (Fsp3) is 0.500. The number of rotatable bonds is 4. The summed E-state index contributed by atoms with van der Waals surface area (Å²) < 4.78 is 37.8. The van der Waals surface area contributed by atoms with Gasteiger partial charge in [0, 0.05) is 18.7 Å². The van der Waals surface area contributed by atoms with Gasteiger partial charge in [0.25, 0.3) is 0 Å². The molecular weight excluding hydrogens is 257 g/mol. The molecule has 0 bridgehead atoms. The van der Waals surface area contributed by atoms with Gasteiger partial charge in [0.15, 0.2) is 5.65 Å². The molecule has 0 saturated carbocycles. The van der Waals surface area contributed by atoms with Gasteiger partial charge >= 0.3 is 6.18 Å². The number of hydrogen-bond acceptors (Lipinski definition) is 3. The number of fused-ring (bicyclic) bond motifs is 1. The van der Waals surface area contributed by atoms with Crippen LogP contribution in [0, 0.1) is 6.92 Å². The van der Waals surface area contributed by atoms with Crippen LogP contribution >= 0.6 is 0 Å². The van der Waals surface area contributed by atoms with E-state index < -0.39 is 12.6 Å². The van der Waals surface area contributed by atoms with Gasteiger partial charge in [-0.2, -0.15) is 13.2 Å². The van der Waals surface area contributed by atoms with Crippen molar-refractivity contribution in [3.8, 4) is 0 Å². The van der Waals surface area contributed by atoms with Crippen LogP contribution in [0.15, 0.2) is 12.1 Å². The van der Waals surface area contributed by atoms with E-state index in [0.29, 0.717) is 30.1 Å². The summed E-state index contributed by atoms with van der Waals surface area (Å²) in [6.45, 7) is 2.24. The van der Waals surface area contributed by atoms with E-state index in [1.54, 1.807) is 10.6 Å². The molecule has 0 amide bonds. The molecule has 19 heavy (non-hydrogen) atoms. The van der Waals surface area contributed by atoms with Gasteiger partial charge in [-0.15, -0.1) is 0 Å². The molecular formula is C12H15F3N4. The Morgan fingerprint density at radius 2 is 1.95 bits per heavy atom. The number of nitrogens with zero attached hydrogens (tertiary/aromatic N) is 3. The van der Waals surface area contributed by atoms with E-state index in [0.717, 1.165) is 5.69 Å². The number of hydrogen-bond donors (Lipinski definition) is 1. The van der Waals surface area contributed by atoms with Crippen LogP contribution in [-0.4, -0.2) is 20.7 Å². The van der Waals surface area contributed by atoms with Crippen LogP contribution in [0.2, 0.25) is 0 Å². The minimum Gasteiger partial charge on any atom is -0.369 e. The summed E-state index contributed by atoms with van der Waals surface area (Å²) >= 11 is 0. The van der Waals surface area contributed by atoms with Crippen molar-refractivity contribution >= 4 is 17.1 Å². The van der Waals surface area contributed by atoms with E-state index in [1.165, 1.54) is 0 Å². The normalized spacial score (nSPS) is 12.2. The number of pyridine rings is 1. The van der Waals surface area contributed by atoms with Crippen LogP contribution in [-0.2, 0) is 6.54 Å². The highest BCUT2D eigenvalue weighted by Gasteiger charge is 2.25. The van der Waals surface area contributed by atoms with Crippen LogP contribution in [0.25, 0.3) is 11.2 Å². The molecule has 2 N–H and O–H groups in total. The summed E-state index contributed by atoms with van der Waals surface area (Å²) in [5.41, 5.74) is 7.88. The minimum atomic E-state index is -4.10. The Morgan fingerprint density at radius 3 is 2.63 bits per heavy atom. The summed E-state index contributed by atoms with van der Waals surface area (Å²) in [7, 11) is 0. The number of halogens is 3. The molecule has 2 rings (SSSR count). The van der Waals surface area contributed by atoms with Gasteiger partial charge in [0.05, 0.1) is 0 Å². The van der Waals surface area contributed by atoms with E-state index in [9.17, 15) is 13.2 Å². The van der Waals surface area contributed by atoms with Gasteiger partial charge in [-0.25, -0.2) is 9.97 Å². The van der Waals surface area contributed by atoms with Gasteiger partial charge in [-0.05, 0) is 31.9 Å². The van der Waals surface area contributed by atoms with Gasteiger partial charge < -0.3 is 5.73 Å². The minimum absolute atomic E-state index is 0.0778. The number of nitrogens with two attached hydrogens (primary N) is 1. The average Bonchev–Trinajstić information content (AvgIpc) is 2.59. The van der Waals surface area contributed by atoms with E-state index in [-0.39, 0.29) is 6.42 Å². The first-order valence-corrected chi connectivity index (χ1v) is 6.03. The molecule has 0 radical (unpaired) electrons. The molecule has 2 aromatic heterocycles. The Kier molecular flexibility index (Phi) is 3.64. The number of imidazole rings is 1. The molecule has 0 spiro atoms. The van der Waals surface area contributed by atoms with Gasteiger partial charge in [0.1, 0.15) is 5.52 Å². The summed E-state index contributed by atoms with van der Waals surface area (Å²) in [6.07, 6.45) is -4.40. The van der Waals surface area contributed by atoms with E-state index >= 15 is 0 Å². The quantitative estimate of drug-likeness (QED) is 0.870. The number of alkyl halides is 3. The number of aryl methyl sites for hydroxylation is 2. The Labute approximate surface area is 108 Å². The predicted molar refractivity (Wildman–Crippen MR) is 66.6 cm³/mol. The van der Waals surface area contributed by atoms with E-state index in [4.69, 9.17) is 5.73 Å². The fourth-order valence-corrected chi connectivity index (χ4v) is 1.93. The highest BCUT2D eigenvalue weighted by molar-refractivity contribution is 5.74. The second-order valence-corrected chi connectivity index (χ2v) is 4.49. The third kappa shape index (κ3) is 3.36. The van der Waals surface area contributed by atoms with Gasteiger partial charge in [-0.1, -0.05) is 0 Å². The van der Waals surface area contributed by atoms with Crippen LogP contribution in [0.4, 0.5) is 19.1 Å². The Morgan fingerprint density at radius 1 is 1.21 bits per heavy atom. The molecule has 0 atom stereocenters. The van der Waals surface area contributed by atoms with Crippen LogP contribution < -0.4 is 5.73 Å². The van der Waals surface area contributed by atoms with Crippen molar-refractivity contribution in [3.63, 3.8) is 0 Å². The van der Waals surface area contributed by atoms with E-state index in [2.05, 4.69) is 9.97 Å². The van der Waals surface area contributed by atoms with Crippen molar-refractivity contribution in [1.29, 1.82) is 0 Å². The van der Waals surface area contributed by atoms with Gasteiger partial charge in [0.2, 0.25) is 5.95 Å². The van der Waals surface area contributed by atoms with Crippen molar-refractivity contribution in [2.75, 3.05) is 5.73 Å². The molecule has 2 aromatic rings. The largest absolute Gasteiger partial charge is 0.389 e. The summed E-state index contributed by atoms with van der Waals surface area (Å²) in [4.78, 5) is 8.46. The first kappa shape index (κ1) is 13.6. The summed E-state index contributed by atoms with van der Waals surface area (Å²) in [6, 6.07) is 3.63. The SMILES string of the molecule is Cc1ccc2nc(N)n(CCCCC(F)(F)F)c2n1. The maximum atomic E-state index is 12.1. The zero-order chi connectivity index (χ0) is 14.0. The second-order valence-electron chi connectivity index (χ2n) is 4.49. The topological polar surface area (TPSA) is 56.7 Å². The molecule has 2 heterocycles. The molecule has 0 fully saturated rings. The highest BCUT2D eigenvalue weighted by Crippen LogP contribution is 2.23.